The average molecular weight is 394 g/mol. The van der Waals surface area contributed by atoms with Crippen LogP contribution in [0.4, 0.5) is 0 Å². The molecular formula is C24H31N3O2. The highest BCUT2D eigenvalue weighted by atomic mass is 16.2. The summed E-state index contributed by atoms with van der Waals surface area (Å²) in [4.78, 5) is 28.2. The first-order valence-corrected chi connectivity index (χ1v) is 11.0. The van der Waals surface area contributed by atoms with Crippen LogP contribution in [0.5, 0.6) is 0 Å². The monoisotopic (exact) mass is 393 g/mol. The Labute approximate surface area is 172 Å². The maximum Gasteiger partial charge on any atom is 0.226 e. The smallest absolute Gasteiger partial charge is 0.226 e. The summed E-state index contributed by atoms with van der Waals surface area (Å²) in [6, 6.07) is 14.1. The molecular weight excluding hydrogens is 362 g/mol. The number of hydrogen-bond acceptors (Lipinski definition) is 3. The molecule has 5 nitrogen and oxygen atoms in total. The van der Waals surface area contributed by atoms with E-state index in [0.717, 1.165) is 62.6 Å². The van der Waals surface area contributed by atoms with E-state index in [-0.39, 0.29) is 29.7 Å². The molecule has 5 heteroatoms. The van der Waals surface area contributed by atoms with E-state index < -0.39 is 0 Å². The molecule has 2 aromatic carbocycles. The van der Waals surface area contributed by atoms with Gasteiger partial charge in [-0.25, -0.2) is 0 Å². The number of likely N-dealkylation sites (tertiary alicyclic amines) is 1. The van der Waals surface area contributed by atoms with E-state index in [2.05, 4.69) is 29.6 Å². The topological polar surface area (TPSA) is 75.4 Å². The van der Waals surface area contributed by atoms with Gasteiger partial charge in [-0.1, -0.05) is 49.2 Å². The van der Waals surface area contributed by atoms with Gasteiger partial charge in [-0.3, -0.25) is 9.59 Å². The largest absolute Gasteiger partial charge is 0.348 e. The van der Waals surface area contributed by atoms with Crippen molar-refractivity contribution in [2.75, 3.05) is 19.6 Å². The van der Waals surface area contributed by atoms with Gasteiger partial charge < -0.3 is 16.0 Å². The maximum atomic E-state index is 13.2. The Morgan fingerprint density at radius 1 is 0.966 bits per heavy atom. The molecule has 2 aliphatic rings. The quantitative estimate of drug-likeness (QED) is 0.818. The third kappa shape index (κ3) is 4.30. The second-order valence-corrected chi connectivity index (χ2v) is 8.43. The van der Waals surface area contributed by atoms with Crippen LogP contribution in [0.15, 0.2) is 42.5 Å². The fourth-order valence-electron chi connectivity index (χ4n) is 4.89. The Morgan fingerprint density at radius 3 is 2.38 bits per heavy atom. The fraction of sp³-hybridized carbons (Fsp3) is 0.500. The molecule has 0 aromatic heterocycles. The van der Waals surface area contributed by atoms with Crippen molar-refractivity contribution in [3.8, 4) is 0 Å². The lowest BCUT2D eigenvalue weighted by molar-refractivity contribution is -0.143. The predicted octanol–water partition coefficient (Wildman–Crippen LogP) is 3.38. The first kappa shape index (κ1) is 19.9. The number of benzene rings is 2. The van der Waals surface area contributed by atoms with Crippen molar-refractivity contribution >= 4 is 22.6 Å². The molecule has 0 spiro atoms. The number of fused-ring (bicyclic) bond motifs is 1. The van der Waals surface area contributed by atoms with Gasteiger partial charge in [-0.15, -0.1) is 0 Å². The highest BCUT2D eigenvalue weighted by Crippen LogP contribution is 2.33. The summed E-state index contributed by atoms with van der Waals surface area (Å²) in [6.07, 6.45) is 5.78. The number of hydrogen-bond donors (Lipinski definition) is 2. The lowest BCUT2D eigenvalue weighted by Gasteiger charge is -2.33. The van der Waals surface area contributed by atoms with Crippen molar-refractivity contribution in [2.45, 2.75) is 44.6 Å². The number of carbonyl (C=O) groups excluding carboxylic acids is 2. The predicted molar refractivity (Wildman–Crippen MR) is 115 cm³/mol. The minimum Gasteiger partial charge on any atom is -0.348 e. The van der Waals surface area contributed by atoms with Crippen molar-refractivity contribution in [1.29, 1.82) is 0 Å². The van der Waals surface area contributed by atoms with Gasteiger partial charge in [0.1, 0.15) is 0 Å². The summed E-state index contributed by atoms with van der Waals surface area (Å²) in [5.74, 6) is -0.272. The molecule has 1 aliphatic carbocycles. The van der Waals surface area contributed by atoms with Crippen molar-refractivity contribution in [2.24, 2.45) is 17.6 Å². The lowest BCUT2D eigenvalue weighted by atomic mass is 9.77. The Hall–Kier alpha value is -2.40. The van der Waals surface area contributed by atoms with Crippen LogP contribution in [0.2, 0.25) is 0 Å². The second kappa shape index (κ2) is 8.95. The van der Waals surface area contributed by atoms with Gasteiger partial charge >= 0.3 is 0 Å². The van der Waals surface area contributed by atoms with E-state index >= 15 is 0 Å². The number of carbonyl (C=O) groups is 2. The molecule has 0 radical (unpaired) electrons. The van der Waals surface area contributed by atoms with Gasteiger partial charge in [0.25, 0.3) is 0 Å². The summed E-state index contributed by atoms with van der Waals surface area (Å²) in [5, 5.41) is 5.46. The standard InChI is InChI=1S/C24H31N3O2/c25-16-22(19-12-11-17-7-1-2-8-18(17)15-19)26-23(28)20-9-3-4-10-21(20)24(29)27-13-5-6-14-27/h1-2,7-8,11-12,15,20-22H,3-6,9-10,13-14,16,25H2,(H,26,28). The van der Waals surface area contributed by atoms with E-state index in [1.165, 1.54) is 5.39 Å². The number of nitrogens with two attached hydrogens (primary N) is 1. The van der Waals surface area contributed by atoms with Crippen LogP contribution in [0.25, 0.3) is 10.8 Å². The van der Waals surface area contributed by atoms with Gasteiger partial charge in [0, 0.05) is 31.5 Å². The van der Waals surface area contributed by atoms with Crippen LogP contribution in [-0.2, 0) is 9.59 Å². The number of nitrogens with one attached hydrogen (secondary N) is 1. The van der Waals surface area contributed by atoms with Crippen molar-refractivity contribution in [3.63, 3.8) is 0 Å². The second-order valence-electron chi connectivity index (χ2n) is 8.43. The van der Waals surface area contributed by atoms with Crippen LogP contribution in [0.3, 0.4) is 0 Å². The number of amides is 2. The minimum atomic E-state index is -0.244. The van der Waals surface area contributed by atoms with Crippen LogP contribution in [0.1, 0.15) is 50.1 Å². The lowest BCUT2D eigenvalue weighted by Crippen LogP contribution is -2.46. The van der Waals surface area contributed by atoms with Crippen molar-refractivity contribution in [1.82, 2.24) is 10.2 Å². The average Bonchev–Trinajstić information content (AvgIpc) is 3.31. The van der Waals surface area contributed by atoms with Gasteiger partial charge in [0.05, 0.1) is 6.04 Å². The highest BCUT2D eigenvalue weighted by Gasteiger charge is 2.38. The zero-order valence-corrected chi connectivity index (χ0v) is 17.0. The zero-order valence-electron chi connectivity index (χ0n) is 17.0. The number of rotatable bonds is 5. The zero-order chi connectivity index (χ0) is 20.2. The molecule has 1 saturated heterocycles. The fourth-order valence-corrected chi connectivity index (χ4v) is 4.89. The first-order chi connectivity index (χ1) is 14.2. The van der Waals surface area contributed by atoms with Crippen molar-refractivity contribution < 1.29 is 9.59 Å². The summed E-state index contributed by atoms with van der Waals surface area (Å²) >= 11 is 0. The Kier molecular flexibility index (Phi) is 6.14. The Bertz CT molecular complexity index is 875. The van der Waals surface area contributed by atoms with E-state index in [4.69, 9.17) is 5.73 Å². The van der Waals surface area contributed by atoms with Crippen LogP contribution < -0.4 is 11.1 Å². The molecule has 1 saturated carbocycles. The first-order valence-electron chi connectivity index (χ1n) is 11.0. The van der Waals surface area contributed by atoms with Crippen LogP contribution >= 0.6 is 0 Å². The van der Waals surface area contributed by atoms with Gasteiger partial charge in [-0.2, -0.15) is 0 Å². The molecule has 3 unspecified atom stereocenters. The Morgan fingerprint density at radius 2 is 1.66 bits per heavy atom. The molecule has 3 N–H and O–H groups in total. The molecule has 1 aliphatic heterocycles. The summed E-state index contributed by atoms with van der Waals surface area (Å²) in [6.45, 7) is 2.01. The normalized spacial score (nSPS) is 23.1. The molecule has 2 aromatic rings. The van der Waals surface area contributed by atoms with Crippen LogP contribution in [0, 0.1) is 11.8 Å². The minimum absolute atomic E-state index is 0.0224. The van der Waals surface area contributed by atoms with E-state index in [0.29, 0.717) is 6.54 Å². The molecule has 2 fully saturated rings. The van der Waals surface area contributed by atoms with Crippen molar-refractivity contribution in [3.05, 3.63) is 48.0 Å². The third-order valence-corrected chi connectivity index (χ3v) is 6.57. The summed E-state index contributed by atoms with van der Waals surface area (Å²) < 4.78 is 0. The molecule has 4 rings (SSSR count). The SMILES string of the molecule is NCC(NC(=O)C1CCCCC1C(=O)N1CCCC1)c1ccc2ccccc2c1. The van der Waals surface area contributed by atoms with E-state index in [1.54, 1.807) is 0 Å². The molecule has 29 heavy (non-hydrogen) atoms. The third-order valence-electron chi connectivity index (χ3n) is 6.57. The molecule has 1 heterocycles. The number of nitrogens with zero attached hydrogens (tertiary/aromatic N) is 1. The van der Waals surface area contributed by atoms with Gasteiger partial charge in [-0.05, 0) is 48.1 Å². The van der Waals surface area contributed by atoms with Gasteiger partial charge in [0.2, 0.25) is 11.8 Å². The molecule has 154 valence electrons. The van der Waals surface area contributed by atoms with Gasteiger partial charge in [0.15, 0.2) is 0 Å². The van der Waals surface area contributed by atoms with E-state index in [9.17, 15) is 9.59 Å². The summed E-state index contributed by atoms with van der Waals surface area (Å²) in [7, 11) is 0. The Balaban J connectivity index is 1.49. The molecule has 2 amide bonds. The van der Waals surface area contributed by atoms with Crippen LogP contribution in [-0.4, -0.2) is 36.3 Å². The van der Waals surface area contributed by atoms with E-state index in [1.807, 2.05) is 23.1 Å². The molecule has 0 bridgehead atoms. The molecule has 3 atom stereocenters. The highest BCUT2D eigenvalue weighted by molar-refractivity contribution is 5.88. The maximum absolute atomic E-state index is 13.2. The summed E-state index contributed by atoms with van der Waals surface area (Å²) in [5.41, 5.74) is 7.04.